The first-order valence-electron chi connectivity index (χ1n) is 5.98. The fourth-order valence-corrected chi connectivity index (χ4v) is 2.15. The maximum atomic E-state index is 11.8. The molecular weight excluding hydrogens is 322 g/mol. The van der Waals surface area contributed by atoms with E-state index in [1.54, 1.807) is 43.2 Å². The predicted octanol–water partition coefficient (Wildman–Crippen LogP) is 2.54. The Hall–Kier alpha value is -1.95. The number of benzene rings is 1. The topological polar surface area (TPSA) is 55.2 Å². The first-order valence-corrected chi connectivity index (χ1v) is 6.77. The van der Waals surface area contributed by atoms with Gasteiger partial charge in [-0.2, -0.15) is 5.10 Å². The van der Waals surface area contributed by atoms with Crippen molar-refractivity contribution in [2.24, 2.45) is 0 Å². The van der Waals surface area contributed by atoms with E-state index in [0.29, 0.717) is 16.9 Å². The molecule has 1 amide bonds. The molecule has 20 heavy (non-hydrogen) atoms. The van der Waals surface area contributed by atoms with Gasteiger partial charge in [-0.1, -0.05) is 15.9 Å². The molecule has 0 bridgehead atoms. The number of rotatable bonds is 3. The molecule has 0 saturated heterocycles. The van der Waals surface area contributed by atoms with Crippen molar-refractivity contribution in [2.75, 3.05) is 14.1 Å². The average Bonchev–Trinajstić information content (AvgIpc) is 2.86. The average molecular weight is 336 g/mol. The summed E-state index contributed by atoms with van der Waals surface area (Å²) < 4.78 is 2.36. The minimum atomic E-state index is -0.176. The van der Waals surface area contributed by atoms with Gasteiger partial charge in [0.25, 0.3) is 5.91 Å². The first-order chi connectivity index (χ1) is 9.40. The number of carbonyl (C=O) groups excluding carboxylic acids is 2. The molecule has 6 heteroatoms. The van der Waals surface area contributed by atoms with Crippen molar-refractivity contribution in [3.05, 3.63) is 46.2 Å². The van der Waals surface area contributed by atoms with E-state index in [2.05, 4.69) is 21.0 Å². The number of nitrogens with zero attached hydrogens (tertiary/aromatic N) is 3. The highest BCUT2D eigenvalue weighted by molar-refractivity contribution is 9.10. The van der Waals surface area contributed by atoms with Crippen LogP contribution in [0.25, 0.3) is 5.69 Å². The number of Topliss-reactive ketones (excluding diaryl/α,β-unsaturated/α-hetero) is 1. The summed E-state index contributed by atoms with van der Waals surface area (Å²) in [5.74, 6) is -0.234. The predicted molar refractivity (Wildman–Crippen MR) is 79.3 cm³/mol. The highest BCUT2D eigenvalue weighted by atomic mass is 79.9. The highest BCUT2D eigenvalue weighted by Gasteiger charge is 2.15. The minimum absolute atomic E-state index is 0.0581. The third kappa shape index (κ3) is 2.80. The molecule has 0 unspecified atom stereocenters. The quantitative estimate of drug-likeness (QED) is 0.810. The molecule has 0 aliphatic carbocycles. The van der Waals surface area contributed by atoms with Crippen LogP contribution in [0.5, 0.6) is 0 Å². The molecule has 0 N–H and O–H groups in total. The minimum Gasteiger partial charge on any atom is -0.343 e. The van der Waals surface area contributed by atoms with E-state index in [1.807, 2.05) is 6.07 Å². The molecule has 0 fully saturated rings. The lowest BCUT2D eigenvalue weighted by Gasteiger charge is -2.09. The van der Waals surface area contributed by atoms with Crippen molar-refractivity contribution < 1.29 is 9.59 Å². The SMILES string of the molecule is CC(=O)c1cc(Br)ccc1-n1ccc(C(=O)N(C)C)n1. The van der Waals surface area contributed by atoms with Gasteiger partial charge < -0.3 is 4.90 Å². The van der Waals surface area contributed by atoms with E-state index in [-0.39, 0.29) is 11.7 Å². The number of carbonyl (C=O) groups is 2. The van der Waals surface area contributed by atoms with Crippen LogP contribution in [0, 0.1) is 0 Å². The summed E-state index contributed by atoms with van der Waals surface area (Å²) in [7, 11) is 3.34. The van der Waals surface area contributed by atoms with Crippen LogP contribution in [-0.4, -0.2) is 40.5 Å². The molecular formula is C14H14BrN3O2. The molecule has 0 atom stereocenters. The molecule has 1 aromatic heterocycles. The molecule has 0 spiro atoms. The van der Waals surface area contributed by atoms with Crippen LogP contribution < -0.4 is 0 Å². The Kier molecular flexibility index (Phi) is 4.04. The zero-order valence-electron chi connectivity index (χ0n) is 11.4. The smallest absolute Gasteiger partial charge is 0.273 e. The molecule has 104 valence electrons. The number of halogens is 1. The molecule has 5 nitrogen and oxygen atoms in total. The maximum absolute atomic E-state index is 11.8. The lowest BCUT2D eigenvalue weighted by Crippen LogP contribution is -2.22. The van der Waals surface area contributed by atoms with Crippen molar-refractivity contribution in [3.8, 4) is 5.69 Å². The van der Waals surface area contributed by atoms with Crippen LogP contribution in [0.4, 0.5) is 0 Å². The highest BCUT2D eigenvalue weighted by Crippen LogP contribution is 2.20. The van der Waals surface area contributed by atoms with Gasteiger partial charge in [0.1, 0.15) is 0 Å². The van der Waals surface area contributed by atoms with Gasteiger partial charge in [-0.3, -0.25) is 9.59 Å². The van der Waals surface area contributed by atoms with Crippen LogP contribution in [-0.2, 0) is 0 Å². The Balaban J connectivity index is 2.48. The molecule has 1 heterocycles. The van der Waals surface area contributed by atoms with Crippen LogP contribution >= 0.6 is 15.9 Å². The van der Waals surface area contributed by atoms with E-state index in [4.69, 9.17) is 0 Å². The molecule has 2 aromatic rings. The van der Waals surface area contributed by atoms with Crippen molar-refractivity contribution >= 4 is 27.6 Å². The number of amides is 1. The Morgan fingerprint density at radius 2 is 1.95 bits per heavy atom. The molecule has 0 radical (unpaired) electrons. The Morgan fingerprint density at radius 1 is 1.25 bits per heavy atom. The van der Waals surface area contributed by atoms with Crippen molar-refractivity contribution in [2.45, 2.75) is 6.92 Å². The van der Waals surface area contributed by atoms with E-state index < -0.39 is 0 Å². The maximum Gasteiger partial charge on any atom is 0.273 e. The van der Waals surface area contributed by atoms with Gasteiger partial charge in [-0.05, 0) is 31.2 Å². The fourth-order valence-electron chi connectivity index (χ4n) is 1.79. The van der Waals surface area contributed by atoms with Crippen LogP contribution in [0.15, 0.2) is 34.9 Å². The third-order valence-corrected chi connectivity index (χ3v) is 3.29. The molecule has 0 saturated carbocycles. The molecule has 2 rings (SSSR count). The standard InChI is InChI=1S/C14H14BrN3O2/c1-9(19)11-8-10(15)4-5-13(11)18-7-6-12(16-18)14(20)17(2)3/h4-8H,1-3H3. The fraction of sp³-hybridized carbons (Fsp3) is 0.214. The second-order valence-electron chi connectivity index (χ2n) is 4.56. The van der Waals surface area contributed by atoms with Crippen molar-refractivity contribution in [1.82, 2.24) is 14.7 Å². The van der Waals surface area contributed by atoms with E-state index >= 15 is 0 Å². The van der Waals surface area contributed by atoms with Gasteiger partial charge in [0.15, 0.2) is 11.5 Å². The van der Waals surface area contributed by atoms with Gasteiger partial charge >= 0.3 is 0 Å². The first kappa shape index (κ1) is 14.5. The summed E-state index contributed by atoms with van der Waals surface area (Å²) in [6, 6.07) is 7.00. The second-order valence-corrected chi connectivity index (χ2v) is 5.48. The normalized spacial score (nSPS) is 10.4. The number of hydrogen-bond acceptors (Lipinski definition) is 3. The Bertz CT molecular complexity index is 677. The molecule has 0 aliphatic rings. The number of ketones is 1. The summed E-state index contributed by atoms with van der Waals surface area (Å²) in [6.45, 7) is 1.50. The summed E-state index contributed by atoms with van der Waals surface area (Å²) in [6.07, 6.45) is 1.67. The van der Waals surface area contributed by atoms with Crippen molar-refractivity contribution in [3.63, 3.8) is 0 Å². The van der Waals surface area contributed by atoms with Crippen molar-refractivity contribution in [1.29, 1.82) is 0 Å². The van der Waals surface area contributed by atoms with E-state index in [1.165, 1.54) is 11.8 Å². The van der Waals surface area contributed by atoms with Crippen LogP contribution in [0.3, 0.4) is 0 Å². The Labute approximate surface area is 125 Å². The lowest BCUT2D eigenvalue weighted by molar-refractivity contribution is 0.0821. The number of aromatic nitrogens is 2. The summed E-state index contributed by atoms with van der Waals surface area (Å²) in [4.78, 5) is 25.0. The van der Waals surface area contributed by atoms with Crippen LogP contribution in [0.2, 0.25) is 0 Å². The van der Waals surface area contributed by atoms with E-state index in [0.717, 1.165) is 4.47 Å². The largest absolute Gasteiger partial charge is 0.343 e. The summed E-state index contributed by atoms with van der Waals surface area (Å²) >= 11 is 3.34. The van der Waals surface area contributed by atoms with Gasteiger partial charge in [0.05, 0.1) is 5.69 Å². The Morgan fingerprint density at radius 3 is 2.55 bits per heavy atom. The zero-order chi connectivity index (χ0) is 14.9. The van der Waals surface area contributed by atoms with Gasteiger partial charge in [-0.15, -0.1) is 0 Å². The van der Waals surface area contributed by atoms with Crippen LogP contribution in [0.1, 0.15) is 27.8 Å². The number of hydrogen-bond donors (Lipinski definition) is 0. The van der Waals surface area contributed by atoms with E-state index in [9.17, 15) is 9.59 Å². The van der Waals surface area contributed by atoms with Gasteiger partial charge in [0, 0.05) is 30.3 Å². The third-order valence-electron chi connectivity index (χ3n) is 2.80. The molecule has 0 aliphatic heterocycles. The summed E-state index contributed by atoms with van der Waals surface area (Å²) in [5, 5.41) is 4.23. The summed E-state index contributed by atoms with van der Waals surface area (Å²) in [5.41, 5.74) is 1.54. The molecule has 1 aromatic carbocycles. The van der Waals surface area contributed by atoms with Gasteiger partial charge in [-0.25, -0.2) is 4.68 Å². The van der Waals surface area contributed by atoms with Gasteiger partial charge in [0.2, 0.25) is 0 Å². The monoisotopic (exact) mass is 335 g/mol. The lowest BCUT2D eigenvalue weighted by atomic mass is 10.1. The zero-order valence-corrected chi connectivity index (χ0v) is 13.0. The second kappa shape index (κ2) is 5.58.